The molecule has 0 saturated carbocycles. The molecule has 2 fully saturated rings. The molecule has 4 atom stereocenters. The highest BCUT2D eigenvalue weighted by molar-refractivity contribution is 5.09. The van der Waals surface area contributed by atoms with Crippen LogP contribution >= 0.6 is 0 Å². The van der Waals surface area contributed by atoms with Gasteiger partial charge in [0, 0.05) is 0 Å². The second-order valence-electron chi connectivity index (χ2n) is 7.72. The van der Waals surface area contributed by atoms with Gasteiger partial charge in [0.05, 0.1) is 30.5 Å². The van der Waals surface area contributed by atoms with Crippen LogP contribution in [-0.2, 0) is 18.9 Å². The molecule has 0 aliphatic carbocycles. The number of ether oxygens (including phenoxy) is 4. The summed E-state index contributed by atoms with van der Waals surface area (Å²) in [6, 6.07) is 0. The molecule has 0 aromatic rings. The predicted octanol–water partition coefficient (Wildman–Crippen LogP) is 2.54. The van der Waals surface area contributed by atoms with Gasteiger partial charge in [-0.3, -0.25) is 0 Å². The normalized spacial score (nSPS) is 39.0. The van der Waals surface area contributed by atoms with E-state index in [0.29, 0.717) is 13.2 Å². The van der Waals surface area contributed by atoms with E-state index in [0.717, 1.165) is 0 Å². The first-order valence-electron chi connectivity index (χ1n) is 7.14. The van der Waals surface area contributed by atoms with Crippen LogP contribution in [0.2, 0.25) is 0 Å². The van der Waals surface area contributed by atoms with Gasteiger partial charge in [0.1, 0.15) is 17.8 Å². The largest absolute Gasteiger partial charge is 0.373 e. The summed E-state index contributed by atoms with van der Waals surface area (Å²) in [6.45, 7) is 15.6. The molecular weight excluding hydrogens is 244 g/mol. The molecule has 2 aliphatic heterocycles. The summed E-state index contributed by atoms with van der Waals surface area (Å²) in [6.07, 6.45) is 0.0108. The molecule has 0 spiro atoms. The van der Waals surface area contributed by atoms with Crippen molar-refractivity contribution in [2.45, 2.75) is 83.6 Å². The van der Waals surface area contributed by atoms with E-state index in [-0.39, 0.29) is 35.1 Å². The van der Waals surface area contributed by atoms with Gasteiger partial charge in [-0.25, -0.2) is 0 Å². The van der Waals surface area contributed by atoms with Crippen LogP contribution in [-0.4, -0.2) is 48.3 Å². The van der Waals surface area contributed by atoms with Gasteiger partial charge in [0.2, 0.25) is 0 Å². The first-order valence-corrected chi connectivity index (χ1v) is 7.14. The highest BCUT2D eigenvalue weighted by atomic mass is 16.7. The fraction of sp³-hybridized carbons (Fsp3) is 1.00. The topological polar surface area (TPSA) is 36.9 Å². The molecule has 0 aromatic heterocycles. The minimum absolute atomic E-state index is 0.0101. The Balaban J connectivity index is 2.02. The van der Waals surface area contributed by atoms with Gasteiger partial charge in [0.25, 0.3) is 0 Å². The first-order chi connectivity index (χ1) is 8.53. The highest BCUT2D eigenvalue weighted by Gasteiger charge is 2.62. The molecule has 0 aromatic carbocycles. The Morgan fingerprint density at radius 1 is 1.11 bits per heavy atom. The monoisotopic (exact) mass is 272 g/mol. The molecule has 2 saturated heterocycles. The fourth-order valence-electron chi connectivity index (χ4n) is 2.61. The third kappa shape index (κ3) is 3.30. The SMILES string of the molecule is CC1OC2(COC(C)(C)C)COC2C1OC(C)(C)C. The van der Waals surface area contributed by atoms with Gasteiger partial charge >= 0.3 is 0 Å². The van der Waals surface area contributed by atoms with Crippen molar-refractivity contribution in [2.75, 3.05) is 13.2 Å². The molecule has 112 valence electrons. The van der Waals surface area contributed by atoms with Gasteiger partial charge in [-0.2, -0.15) is 0 Å². The molecule has 4 nitrogen and oxygen atoms in total. The number of fused-ring (bicyclic) bond motifs is 1. The summed E-state index contributed by atoms with van der Waals surface area (Å²) in [5.74, 6) is 0. The number of hydrogen-bond donors (Lipinski definition) is 0. The molecule has 4 heteroatoms. The van der Waals surface area contributed by atoms with Gasteiger partial charge < -0.3 is 18.9 Å². The van der Waals surface area contributed by atoms with E-state index < -0.39 is 0 Å². The van der Waals surface area contributed by atoms with Crippen LogP contribution in [0, 0.1) is 0 Å². The second-order valence-corrected chi connectivity index (χ2v) is 7.72. The Labute approximate surface area is 116 Å². The van der Waals surface area contributed by atoms with Crippen molar-refractivity contribution >= 4 is 0 Å². The quantitative estimate of drug-likeness (QED) is 0.791. The molecular formula is C15H28O4. The van der Waals surface area contributed by atoms with Crippen molar-refractivity contribution in [2.24, 2.45) is 0 Å². The summed E-state index contributed by atoms with van der Waals surface area (Å²) < 4.78 is 23.8. The van der Waals surface area contributed by atoms with Gasteiger partial charge in [-0.15, -0.1) is 0 Å². The van der Waals surface area contributed by atoms with Crippen LogP contribution < -0.4 is 0 Å². The average molecular weight is 272 g/mol. The third-order valence-electron chi connectivity index (χ3n) is 3.45. The van der Waals surface area contributed by atoms with E-state index >= 15 is 0 Å². The molecule has 0 radical (unpaired) electrons. The fourth-order valence-corrected chi connectivity index (χ4v) is 2.61. The molecule has 4 unspecified atom stereocenters. The van der Waals surface area contributed by atoms with Crippen molar-refractivity contribution in [3.8, 4) is 0 Å². The van der Waals surface area contributed by atoms with Crippen LogP contribution in [0.15, 0.2) is 0 Å². The Morgan fingerprint density at radius 3 is 2.16 bits per heavy atom. The maximum atomic E-state index is 6.13. The lowest BCUT2D eigenvalue weighted by molar-refractivity contribution is -0.262. The molecule has 2 aliphatic rings. The lowest BCUT2D eigenvalue weighted by Gasteiger charge is -2.45. The zero-order chi connectivity index (χ0) is 14.5. The molecule has 0 amide bonds. The molecule has 2 rings (SSSR count). The van der Waals surface area contributed by atoms with E-state index in [9.17, 15) is 0 Å². The van der Waals surface area contributed by atoms with E-state index in [2.05, 4.69) is 48.5 Å². The summed E-state index contributed by atoms with van der Waals surface area (Å²) >= 11 is 0. The van der Waals surface area contributed by atoms with Gasteiger partial charge in [-0.1, -0.05) is 0 Å². The summed E-state index contributed by atoms with van der Waals surface area (Å²) in [4.78, 5) is 0. The highest BCUT2D eigenvalue weighted by Crippen LogP contribution is 2.44. The summed E-state index contributed by atoms with van der Waals surface area (Å²) in [7, 11) is 0. The van der Waals surface area contributed by atoms with E-state index in [1.165, 1.54) is 0 Å². The van der Waals surface area contributed by atoms with E-state index in [4.69, 9.17) is 18.9 Å². The Kier molecular flexibility index (Phi) is 3.76. The lowest BCUT2D eigenvalue weighted by Crippen LogP contribution is -2.63. The van der Waals surface area contributed by atoms with E-state index in [1.807, 2.05) is 0 Å². The number of rotatable bonds is 3. The van der Waals surface area contributed by atoms with Crippen molar-refractivity contribution in [1.82, 2.24) is 0 Å². The molecule has 0 bridgehead atoms. The first kappa shape index (κ1) is 15.2. The van der Waals surface area contributed by atoms with Crippen LogP contribution in [0.3, 0.4) is 0 Å². The minimum atomic E-state index is -0.317. The molecule has 0 N–H and O–H groups in total. The average Bonchev–Trinajstić information content (AvgIpc) is 2.33. The van der Waals surface area contributed by atoms with E-state index in [1.54, 1.807) is 0 Å². The van der Waals surface area contributed by atoms with Crippen LogP contribution in [0.1, 0.15) is 48.5 Å². The van der Waals surface area contributed by atoms with Crippen molar-refractivity contribution in [1.29, 1.82) is 0 Å². The zero-order valence-corrected chi connectivity index (χ0v) is 13.3. The van der Waals surface area contributed by atoms with Crippen molar-refractivity contribution in [3.05, 3.63) is 0 Å². The van der Waals surface area contributed by atoms with Crippen molar-refractivity contribution < 1.29 is 18.9 Å². The summed E-state index contributed by atoms with van der Waals surface area (Å²) in [5.41, 5.74) is -0.671. The maximum Gasteiger partial charge on any atom is 0.144 e. The van der Waals surface area contributed by atoms with Gasteiger partial charge in [0.15, 0.2) is 0 Å². The third-order valence-corrected chi connectivity index (χ3v) is 3.45. The Bertz CT molecular complexity index is 328. The van der Waals surface area contributed by atoms with Crippen LogP contribution in [0.25, 0.3) is 0 Å². The maximum absolute atomic E-state index is 6.13. The minimum Gasteiger partial charge on any atom is -0.373 e. The predicted molar refractivity (Wildman–Crippen MR) is 73.3 cm³/mol. The Morgan fingerprint density at radius 2 is 1.74 bits per heavy atom. The van der Waals surface area contributed by atoms with Crippen LogP contribution in [0.4, 0.5) is 0 Å². The van der Waals surface area contributed by atoms with Crippen molar-refractivity contribution in [3.63, 3.8) is 0 Å². The number of hydrogen-bond acceptors (Lipinski definition) is 4. The molecule has 19 heavy (non-hydrogen) atoms. The Hall–Kier alpha value is -0.160. The summed E-state index contributed by atoms with van der Waals surface area (Å²) in [5, 5.41) is 0. The smallest absolute Gasteiger partial charge is 0.144 e. The van der Waals surface area contributed by atoms with Crippen LogP contribution in [0.5, 0.6) is 0 Å². The van der Waals surface area contributed by atoms with Gasteiger partial charge in [-0.05, 0) is 48.5 Å². The lowest BCUT2D eigenvalue weighted by atomic mass is 9.90. The standard InChI is InChI=1S/C15H28O4/c1-10-11(19-14(5,6)7)12-15(18-10,8-16-12)9-17-13(2,3)4/h10-12H,8-9H2,1-7H3. The zero-order valence-electron chi connectivity index (χ0n) is 13.3. The molecule has 2 heterocycles. The second kappa shape index (κ2) is 4.69.